The second-order valence-electron chi connectivity index (χ2n) is 4.80. The molecule has 1 aromatic rings. The number of amides is 1. The molecule has 2 atom stereocenters. The first-order valence-corrected chi connectivity index (χ1v) is 6.36. The van der Waals surface area contributed by atoms with Crippen LogP contribution in [0.25, 0.3) is 0 Å². The average molecular weight is 267 g/mol. The molecule has 104 valence electrons. The molecule has 1 amide bonds. The lowest BCUT2D eigenvalue weighted by Gasteiger charge is -2.35. The fourth-order valence-electron chi connectivity index (χ4n) is 2.17. The van der Waals surface area contributed by atoms with Crippen LogP contribution in [0.4, 0.5) is 4.39 Å². The van der Waals surface area contributed by atoms with Gasteiger partial charge in [0.2, 0.25) is 0 Å². The molecule has 2 rings (SSSR count). The molecule has 1 aromatic carbocycles. The molecule has 1 aliphatic heterocycles. The second kappa shape index (κ2) is 6.02. The summed E-state index contributed by atoms with van der Waals surface area (Å²) in [6, 6.07) is 5.77. The van der Waals surface area contributed by atoms with Crippen molar-refractivity contribution in [1.82, 2.24) is 4.90 Å². The van der Waals surface area contributed by atoms with Crippen molar-refractivity contribution in [3.8, 4) is 5.75 Å². The first-order valence-electron chi connectivity index (χ1n) is 6.36. The number of hydrogen-bond acceptors (Lipinski definition) is 3. The van der Waals surface area contributed by atoms with E-state index in [0.29, 0.717) is 18.8 Å². The molecular weight excluding hydrogens is 249 g/mol. The van der Waals surface area contributed by atoms with Gasteiger partial charge < -0.3 is 14.4 Å². The van der Waals surface area contributed by atoms with Gasteiger partial charge in [0.1, 0.15) is 11.6 Å². The third-order valence-electron chi connectivity index (χ3n) is 2.93. The van der Waals surface area contributed by atoms with Gasteiger partial charge in [-0.25, -0.2) is 4.39 Å². The molecule has 5 heteroatoms. The van der Waals surface area contributed by atoms with Crippen LogP contribution in [0.5, 0.6) is 5.75 Å². The van der Waals surface area contributed by atoms with Crippen LogP contribution in [-0.4, -0.2) is 42.7 Å². The minimum atomic E-state index is -0.376. The smallest absolute Gasteiger partial charge is 0.260 e. The van der Waals surface area contributed by atoms with E-state index in [-0.39, 0.29) is 30.5 Å². The summed E-state index contributed by atoms with van der Waals surface area (Å²) in [4.78, 5) is 13.7. The van der Waals surface area contributed by atoms with Crippen molar-refractivity contribution in [2.45, 2.75) is 26.1 Å². The molecule has 0 spiro atoms. The SMILES string of the molecule is C[C@@H]1CN(C(=O)COc2cccc(F)c2)C[C@H](C)O1. The summed E-state index contributed by atoms with van der Waals surface area (Å²) >= 11 is 0. The molecule has 1 fully saturated rings. The maximum atomic E-state index is 13.0. The van der Waals surface area contributed by atoms with Crippen molar-refractivity contribution >= 4 is 5.91 Å². The number of carbonyl (C=O) groups excluding carboxylic acids is 1. The van der Waals surface area contributed by atoms with Gasteiger partial charge in [-0.3, -0.25) is 4.79 Å². The molecule has 19 heavy (non-hydrogen) atoms. The van der Waals surface area contributed by atoms with E-state index in [9.17, 15) is 9.18 Å². The number of halogens is 1. The Labute approximate surface area is 112 Å². The number of benzene rings is 1. The van der Waals surface area contributed by atoms with Crippen molar-refractivity contribution in [3.05, 3.63) is 30.1 Å². The normalized spacial score (nSPS) is 23.2. The lowest BCUT2D eigenvalue weighted by atomic mass is 10.2. The molecule has 0 radical (unpaired) electrons. The van der Waals surface area contributed by atoms with Crippen molar-refractivity contribution in [2.24, 2.45) is 0 Å². The highest BCUT2D eigenvalue weighted by Gasteiger charge is 2.25. The van der Waals surface area contributed by atoms with E-state index in [1.807, 2.05) is 13.8 Å². The predicted octanol–water partition coefficient (Wildman–Crippen LogP) is 1.84. The maximum absolute atomic E-state index is 13.0. The van der Waals surface area contributed by atoms with Gasteiger partial charge in [0, 0.05) is 19.2 Å². The first-order chi connectivity index (χ1) is 9.04. The Morgan fingerprint density at radius 2 is 2.11 bits per heavy atom. The molecule has 1 saturated heterocycles. The maximum Gasteiger partial charge on any atom is 0.260 e. The van der Waals surface area contributed by atoms with Crippen molar-refractivity contribution in [1.29, 1.82) is 0 Å². The number of carbonyl (C=O) groups is 1. The molecule has 0 aliphatic carbocycles. The van der Waals surface area contributed by atoms with Gasteiger partial charge in [-0.1, -0.05) is 6.07 Å². The quantitative estimate of drug-likeness (QED) is 0.839. The zero-order valence-corrected chi connectivity index (χ0v) is 11.1. The van der Waals surface area contributed by atoms with Crippen LogP contribution in [0.15, 0.2) is 24.3 Å². The van der Waals surface area contributed by atoms with E-state index >= 15 is 0 Å². The van der Waals surface area contributed by atoms with E-state index in [1.165, 1.54) is 12.1 Å². The summed E-state index contributed by atoms with van der Waals surface area (Å²) in [6.07, 6.45) is 0.0590. The highest BCUT2D eigenvalue weighted by atomic mass is 19.1. The molecule has 0 aromatic heterocycles. The van der Waals surface area contributed by atoms with Crippen molar-refractivity contribution in [3.63, 3.8) is 0 Å². The zero-order valence-electron chi connectivity index (χ0n) is 11.1. The van der Waals surface area contributed by atoms with Crippen LogP contribution in [-0.2, 0) is 9.53 Å². The highest BCUT2D eigenvalue weighted by Crippen LogP contribution is 2.14. The minimum Gasteiger partial charge on any atom is -0.484 e. The first kappa shape index (κ1) is 13.8. The van der Waals surface area contributed by atoms with Gasteiger partial charge in [-0.15, -0.1) is 0 Å². The lowest BCUT2D eigenvalue weighted by molar-refractivity contribution is -0.145. The minimum absolute atomic E-state index is 0.0295. The molecule has 0 bridgehead atoms. The van der Waals surface area contributed by atoms with Gasteiger partial charge in [0.05, 0.1) is 12.2 Å². The van der Waals surface area contributed by atoms with Crippen LogP contribution in [0.3, 0.4) is 0 Å². The Morgan fingerprint density at radius 3 is 2.74 bits per heavy atom. The average Bonchev–Trinajstić information content (AvgIpc) is 2.35. The number of hydrogen-bond donors (Lipinski definition) is 0. The third-order valence-corrected chi connectivity index (χ3v) is 2.93. The van der Waals surface area contributed by atoms with Gasteiger partial charge in [0.15, 0.2) is 6.61 Å². The van der Waals surface area contributed by atoms with Crippen LogP contribution in [0.2, 0.25) is 0 Å². The van der Waals surface area contributed by atoms with Crippen LogP contribution in [0, 0.1) is 5.82 Å². The number of ether oxygens (including phenoxy) is 2. The van der Waals surface area contributed by atoms with Crippen molar-refractivity contribution in [2.75, 3.05) is 19.7 Å². The molecule has 4 nitrogen and oxygen atoms in total. The van der Waals surface area contributed by atoms with Crippen LogP contribution >= 0.6 is 0 Å². The Morgan fingerprint density at radius 1 is 1.42 bits per heavy atom. The molecule has 0 N–H and O–H groups in total. The van der Waals surface area contributed by atoms with Crippen molar-refractivity contribution < 1.29 is 18.7 Å². The lowest BCUT2D eigenvalue weighted by Crippen LogP contribution is -2.49. The highest BCUT2D eigenvalue weighted by molar-refractivity contribution is 5.78. The van der Waals surface area contributed by atoms with Crippen LogP contribution < -0.4 is 4.74 Å². The summed E-state index contributed by atoms with van der Waals surface area (Å²) < 4.78 is 23.8. The summed E-state index contributed by atoms with van der Waals surface area (Å²) in [5.74, 6) is -0.118. The number of nitrogens with zero attached hydrogens (tertiary/aromatic N) is 1. The van der Waals surface area contributed by atoms with E-state index < -0.39 is 0 Å². The monoisotopic (exact) mass is 267 g/mol. The summed E-state index contributed by atoms with van der Waals surface area (Å²) in [5, 5.41) is 0. The predicted molar refractivity (Wildman–Crippen MR) is 68.5 cm³/mol. The number of rotatable bonds is 3. The molecule has 1 heterocycles. The fraction of sp³-hybridized carbons (Fsp3) is 0.500. The Kier molecular flexibility index (Phi) is 4.37. The standard InChI is InChI=1S/C14H18FNO3/c1-10-7-16(8-11(2)19-10)14(17)9-18-13-5-3-4-12(15)6-13/h3-6,10-11H,7-9H2,1-2H3/t10-,11+. The van der Waals surface area contributed by atoms with E-state index in [0.717, 1.165) is 0 Å². The topological polar surface area (TPSA) is 38.8 Å². The number of morpholine rings is 1. The summed E-state index contributed by atoms with van der Waals surface area (Å²) in [5.41, 5.74) is 0. The second-order valence-corrected chi connectivity index (χ2v) is 4.80. The molecule has 0 unspecified atom stereocenters. The van der Waals surface area contributed by atoms with Gasteiger partial charge in [0.25, 0.3) is 5.91 Å². The van der Waals surface area contributed by atoms with Gasteiger partial charge >= 0.3 is 0 Å². The molecular formula is C14H18FNO3. The Hall–Kier alpha value is -1.62. The van der Waals surface area contributed by atoms with Gasteiger partial charge in [-0.05, 0) is 26.0 Å². The zero-order chi connectivity index (χ0) is 13.8. The van der Waals surface area contributed by atoms with Crippen LogP contribution in [0.1, 0.15) is 13.8 Å². The largest absolute Gasteiger partial charge is 0.484 e. The fourth-order valence-corrected chi connectivity index (χ4v) is 2.17. The molecule has 0 saturated carbocycles. The Balaban J connectivity index is 1.87. The third kappa shape index (κ3) is 3.92. The van der Waals surface area contributed by atoms with E-state index in [2.05, 4.69) is 0 Å². The summed E-state index contributed by atoms with van der Waals surface area (Å²) in [7, 11) is 0. The Bertz CT molecular complexity index is 442. The summed E-state index contributed by atoms with van der Waals surface area (Å²) in [6.45, 7) is 4.92. The van der Waals surface area contributed by atoms with Gasteiger partial charge in [-0.2, -0.15) is 0 Å². The van der Waals surface area contributed by atoms with E-state index in [4.69, 9.17) is 9.47 Å². The van der Waals surface area contributed by atoms with E-state index in [1.54, 1.807) is 17.0 Å². The molecule has 1 aliphatic rings.